The average molecular weight is 487 g/mol. The summed E-state index contributed by atoms with van der Waals surface area (Å²) in [5.41, 5.74) is 5.11. The van der Waals surface area contributed by atoms with Gasteiger partial charge in [-0.05, 0) is 87.2 Å². The Hall–Kier alpha value is -3.54. The molecule has 0 unspecified atom stereocenters. The summed E-state index contributed by atoms with van der Waals surface area (Å²) in [6.07, 6.45) is 5.82. The van der Waals surface area contributed by atoms with Gasteiger partial charge in [0.05, 0.1) is 11.3 Å². The Morgan fingerprint density at radius 3 is 2.62 bits per heavy atom. The fourth-order valence-corrected chi connectivity index (χ4v) is 6.43. The molecule has 1 aliphatic carbocycles. The number of thiophene rings is 1. The molecule has 1 N–H and O–H groups in total. The van der Waals surface area contributed by atoms with Gasteiger partial charge in [-0.25, -0.2) is 0 Å². The van der Waals surface area contributed by atoms with Gasteiger partial charge in [0.2, 0.25) is 0 Å². The molecule has 1 fully saturated rings. The van der Waals surface area contributed by atoms with Crippen LogP contribution in [0, 0.1) is 25.2 Å². The molecule has 8 heteroatoms. The monoisotopic (exact) mass is 486 g/mol. The van der Waals surface area contributed by atoms with E-state index >= 15 is 0 Å². The van der Waals surface area contributed by atoms with E-state index < -0.39 is 11.8 Å². The summed E-state index contributed by atoms with van der Waals surface area (Å²) in [6, 6.07) is 13.4. The normalized spacial score (nSPS) is 17.0. The van der Waals surface area contributed by atoms with Gasteiger partial charge in [0.15, 0.2) is 5.11 Å². The number of rotatable bonds is 3. The molecular formula is C26H22N4O2S2. The Bertz CT molecular complexity index is 1420. The first kappa shape index (κ1) is 22.3. The van der Waals surface area contributed by atoms with Crippen molar-refractivity contribution in [2.75, 3.05) is 4.90 Å². The maximum absolute atomic E-state index is 13.3. The number of aromatic nitrogens is 1. The van der Waals surface area contributed by atoms with E-state index in [1.54, 1.807) is 29.5 Å². The van der Waals surface area contributed by atoms with Gasteiger partial charge in [0.25, 0.3) is 11.8 Å². The molecule has 2 amide bonds. The quantitative estimate of drug-likeness (QED) is 0.330. The van der Waals surface area contributed by atoms with Crippen LogP contribution in [-0.4, -0.2) is 21.5 Å². The molecule has 170 valence electrons. The molecule has 1 aromatic carbocycles. The van der Waals surface area contributed by atoms with Crippen molar-refractivity contribution in [3.05, 3.63) is 74.9 Å². The van der Waals surface area contributed by atoms with E-state index in [4.69, 9.17) is 12.2 Å². The summed E-state index contributed by atoms with van der Waals surface area (Å²) in [7, 11) is 0. The number of nitriles is 1. The Morgan fingerprint density at radius 2 is 1.88 bits per heavy atom. The number of hydrogen-bond acceptors (Lipinski definition) is 5. The van der Waals surface area contributed by atoms with Gasteiger partial charge in [0.1, 0.15) is 16.6 Å². The van der Waals surface area contributed by atoms with Gasteiger partial charge < -0.3 is 4.57 Å². The summed E-state index contributed by atoms with van der Waals surface area (Å²) >= 11 is 6.95. The van der Waals surface area contributed by atoms with Crippen LogP contribution in [0.15, 0.2) is 42.0 Å². The zero-order valence-corrected chi connectivity index (χ0v) is 20.5. The second-order valence-electron chi connectivity index (χ2n) is 8.46. The van der Waals surface area contributed by atoms with Gasteiger partial charge in [-0.2, -0.15) is 5.26 Å². The number of nitrogens with one attached hydrogen (secondary N) is 1. The van der Waals surface area contributed by atoms with Crippen molar-refractivity contribution in [1.82, 2.24) is 9.88 Å². The second kappa shape index (κ2) is 8.67. The molecule has 1 aliphatic heterocycles. The lowest BCUT2D eigenvalue weighted by molar-refractivity contribution is -0.122. The highest BCUT2D eigenvalue weighted by molar-refractivity contribution is 7.80. The van der Waals surface area contributed by atoms with E-state index in [1.165, 1.54) is 15.3 Å². The molecule has 3 aromatic rings. The molecule has 0 radical (unpaired) electrons. The van der Waals surface area contributed by atoms with Crippen molar-refractivity contribution in [2.24, 2.45) is 0 Å². The van der Waals surface area contributed by atoms with Crippen molar-refractivity contribution >= 4 is 52.2 Å². The first-order valence-corrected chi connectivity index (χ1v) is 12.3. The van der Waals surface area contributed by atoms with Crippen LogP contribution in [0.5, 0.6) is 0 Å². The molecule has 2 aliphatic rings. The van der Waals surface area contributed by atoms with Crippen molar-refractivity contribution in [3.8, 4) is 11.1 Å². The molecule has 0 bridgehead atoms. The van der Waals surface area contributed by atoms with Crippen molar-refractivity contribution in [3.63, 3.8) is 0 Å². The molecule has 0 atom stereocenters. The summed E-state index contributed by atoms with van der Waals surface area (Å²) in [5, 5.41) is 13.5. The van der Waals surface area contributed by atoms with Crippen LogP contribution in [0.25, 0.3) is 11.1 Å². The van der Waals surface area contributed by atoms with E-state index in [9.17, 15) is 14.9 Å². The first-order chi connectivity index (χ1) is 16.4. The average Bonchev–Trinajstić information content (AvgIpc) is 3.32. The number of carbonyl (C=O) groups excluding carboxylic acids is 2. The molecule has 0 spiro atoms. The minimum atomic E-state index is -0.517. The van der Waals surface area contributed by atoms with E-state index in [0.29, 0.717) is 5.69 Å². The Labute approximate surface area is 207 Å². The summed E-state index contributed by atoms with van der Waals surface area (Å²) in [4.78, 5) is 28.7. The van der Waals surface area contributed by atoms with Gasteiger partial charge in [-0.3, -0.25) is 19.8 Å². The Balaban J connectivity index is 1.58. The smallest absolute Gasteiger partial charge is 0.270 e. The fourth-order valence-electron chi connectivity index (χ4n) is 4.70. The number of carbonyl (C=O) groups is 2. The number of aryl methyl sites for hydroxylation is 2. The number of hydrogen-bond donors (Lipinski definition) is 1. The molecule has 1 saturated heterocycles. The number of amides is 2. The van der Waals surface area contributed by atoms with Crippen LogP contribution in [0.3, 0.4) is 0 Å². The molecular weight excluding hydrogens is 464 g/mol. The Morgan fingerprint density at radius 1 is 1.15 bits per heavy atom. The van der Waals surface area contributed by atoms with E-state index in [-0.39, 0.29) is 10.7 Å². The molecule has 6 nitrogen and oxygen atoms in total. The topological polar surface area (TPSA) is 78.1 Å². The maximum atomic E-state index is 13.3. The summed E-state index contributed by atoms with van der Waals surface area (Å²) in [5.74, 6) is -0.981. The summed E-state index contributed by atoms with van der Waals surface area (Å²) < 4.78 is 2.07. The van der Waals surface area contributed by atoms with E-state index in [0.717, 1.165) is 53.2 Å². The van der Waals surface area contributed by atoms with Crippen molar-refractivity contribution in [2.45, 2.75) is 39.5 Å². The third-order valence-electron chi connectivity index (χ3n) is 6.35. The second-order valence-corrected chi connectivity index (χ2v) is 9.93. The summed E-state index contributed by atoms with van der Waals surface area (Å²) in [6.45, 7) is 3.92. The number of para-hydroxylation sites is 1. The minimum Gasteiger partial charge on any atom is -0.308 e. The predicted octanol–water partition coefficient (Wildman–Crippen LogP) is 4.74. The van der Waals surface area contributed by atoms with Gasteiger partial charge in [-0.1, -0.05) is 18.2 Å². The third kappa shape index (κ3) is 3.58. The van der Waals surface area contributed by atoms with Crippen molar-refractivity contribution < 1.29 is 9.59 Å². The van der Waals surface area contributed by atoms with Gasteiger partial charge >= 0.3 is 0 Å². The van der Waals surface area contributed by atoms with Gasteiger partial charge in [0, 0.05) is 16.3 Å². The largest absolute Gasteiger partial charge is 0.308 e. The first-order valence-electron chi connectivity index (χ1n) is 11.1. The lowest BCUT2D eigenvalue weighted by Gasteiger charge is -2.28. The van der Waals surface area contributed by atoms with Gasteiger partial charge in [-0.15, -0.1) is 11.3 Å². The number of nitrogens with zero attached hydrogens (tertiary/aromatic N) is 3. The molecule has 2 aromatic heterocycles. The number of benzene rings is 1. The Kier molecular flexibility index (Phi) is 5.68. The predicted molar refractivity (Wildman–Crippen MR) is 137 cm³/mol. The fraction of sp³-hybridized carbons (Fsp3) is 0.231. The molecule has 0 saturated carbocycles. The minimum absolute atomic E-state index is 0.0173. The molecule has 34 heavy (non-hydrogen) atoms. The van der Waals surface area contributed by atoms with Crippen LogP contribution < -0.4 is 10.2 Å². The van der Waals surface area contributed by atoms with Crippen LogP contribution >= 0.6 is 23.6 Å². The zero-order valence-electron chi connectivity index (χ0n) is 18.8. The van der Waals surface area contributed by atoms with Crippen LogP contribution in [0.2, 0.25) is 0 Å². The lowest BCUT2D eigenvalue weighted by Crippen LogP contribution is -2.54. The number of anilines is 1. The van der Waals surface area contributed by atoms with E-state index in [2.05, 4.69) is 16.0 Å². The molecule has 3 heterocycles. The number of thiocarbonyl (C=S) groups is 1. The van der Waals surface area contributed by atoms with E-state index in [1.807, 2.05) is 38.1 Å². The zero-order chi connectivity index (χ0) is 24.0. The maximum Gasteiger partial charge on any atom is 0.270 e. The van der Waals surface area contributed by atoms with Crippen LogP contribution in [-0.2, 0) is 22.4 Å². The third-order valence-corrected chi connectivity index (χ3v) is 7.92. The highest BCUT2D eigenvalue weighted by Crippen LogP contribution is 2.38. The number of fused-ring (bicyclic) bond motifs is 1. The SMILES string of the molecule is Cc1cc(C=C2C(=O)NC(=S)N(c3ccccc3)C2=O)c(C)n1-c1sc2c(c1C#N)CCCC2. The molecule has 5 rings (SSSR count). The highest BCUT2D eigenvalue weighted by atomic mass is 32.1. The van der Waals surface area contributed by atoms with Crippen LogP contribution in [0.1, 0.15) is 45.8 Å². The highest BCUT2D eigenvalue weighted by Gasteiger charge is 2.35. The standard InChI is InChI=1S/C26H22N4O2S2/c1-15-12-17(16(2)29(15)25-21(14-27)19-10-6-7-11-22(19)34-25)13-20-23(31)28-26(33)30(24(20)32)18-8-4-3-5-9-18/h3-5,8-9,12-13H,6-7,10-11H2,1-2H3,(H,28,31,33). The van der Waals surface area contributed by atoms with Crippen molar-refractivity contribution in [1.29, 1.82) is 5.26 Å². The lowest BCUT2D eigenvalue weighted by atomic mass is 9.96. The van der Waals surface area contributed by atoms with Crippen LogP contribution in [0.4, 0.5) is 5.69 Å².